The van der Waals surface area contributed by atoms with E-state index in [1.54, 1.807) is 0 Å². The van der Waals surface area contributed by atoms with Crippen molar-refractivity contribution in [1.29, 1.82) is 0 Å². The van der Waals surface area contributed by atoms with E-state index < -0.39 is 0 Å². The summed E-state index contributed by atoms with van der Waals surface area (Å²) in [5, 5.41) is 2.48. The molecule has 0 saturated carbocycles. The van der Waals surface area contributed by atoms with Gasteiger partial charge in [0.1, 0.15) is 0 Å². The molecule has 1 aromatic heterocycles. The van der Waals surface area contributed by atoms with Gasteiger partial charge in [-0.2, -0.15) is 0 Å². The van der Waals surface area contributed by atoms with Crippen LogP contribution in [0.4, 0.5) is 34.1 Å². The number of aromatic nitrogens is 1. The summed E-state index contributed by atoms with van der Waals surface area (Å²) in [6.07, 6.45) is 0. The van der Waals surface area contributed by atoms with Crippen LogP contribution in [-0.2, 0) is 5.41 Å². The maximum absolute atomic E-state index is 2.47. The third-order valence-corrected chi connectivity index (χ3v) is 11.1. The van der Waals surface area contributed by atoms with Crippen LogP contribution in [0.15, 0.2) is 200 Å². The minimum Gasteiger partial charge on any atom is -0.310 e. The lowest BCUT2D eigenvalue weighted by Gasteiger charge is -2.28. The number of anilines is 6. The van der Waals surface area contributed by atoms with E-state index in [-0.39, 0.29) is 5.41 Å². The Bertz CT molecular complexity index is 2690. The Balaban J connectivity index is 1.19. The van der Waals surface area contributed by atoms with E-state index in [1.807, 2.05) is 0 Å². The number of nitrogens with zero attached hydrogens (tertiary/aromatic N) is 3. The average Bonchev–Trinajstić information content (AvgIpc) is 3.66. The largest absolute Gasteiger partial charge is 0.310 e. The average molecular weight is 694 g/mol. The molecular weight excluding hydrogens is 655 g/mol. The minimum absolute atomic E-state index is 0.214. The van der Waals surface area contributed by atoms with Gasteiger partial charge >= 0.3 is 0 Å². The van der Waals surface area contributed by atoms with E-state index in [0.29, 0.717) is 0 Å². The highest BCUT2D eigenvalue weighted by molar-refractivity contribution is 6.13. The SMILES string of the molecule is CC1(C)c2cc(N(c3ccccc3)c3ccccc3)ccc2-c2cc3c4cc(N(c5ccccc5)c5ccccc5)ccc4n(-c4ccccc4)c3cc21. The van der Waals surface area contributed by atoms with Gasteiger partial charge in [0.2, 0.25) is 0 Å². The number of hydrogen-bond acceptors (Lipinski definition) is 2. The molecule has 3 nitrogen and oxygen atoms in total. The molecule has 0 fully saturated rings. The van der Waals surface area contributed by atoms with Crippen molar-refractivity contribution in [2.75, 3.05) is 9.80 Å². The van der Waals surface area contributed by atoms with Gasteiger partial charge < -0.3 is 14.4 Å². The molecule has 0 aliphatic heterocycles. The highest BCUT2D eigenvalue weighted by Crippen LogP contribution is 2.53. The van der Waals surface area contributed by atoms with Crippen LogP contribution in [0.3, 0.4) is 0 Å². The van der Waals surface area contributed by atoms with Crippen LogP contribution in [-0.4, -0.2) is 4.57 Å². The first-order valence-corrected chi connectivity index (χ1v) is 18.7. The van der Waals surface area contributed by atoms with Gasteiger partial charge in [0.15, 0.2) is 0 Å². The summed E-state index contributed by atoms with van der Waals surface area (Å²) in [6, 6.07) is 72.4. The normalized spacial score (nSPS) is 12.8. The molecule has 0 atom stereocenters. The van der Waals surface area contributed by atoms with Gasteiger partial charge in [-0.25, -0.2) is 0 Å². The summed E-state index contributed by atoms with van der Waals surface area (Å²) < 4.78 is 2.45. The van der Waals surface area contributed by atoms with Crippen molar-refractivity contribution in [2.24, 2.45) is 0 Å². The Morgan fingerprint density at radius 2 is 0.778 bits per heavy atom. The predicted octanol–water partition coefficient (Wildman–Crippen LogP) is 14.0. The maximum Gasteiger partial charge on any atom is 0.0544 e. The Labute approximate surface area is 316 Å². The minimum atomic E-state index is -0.214. The molecule has 0 bridgehead atoms. The lowest BCUT2D eigenvalue weighted by molar-refractivity contribution is 0.661. The molecule has 9 aromatic rings. The van der Waals surface area contributed by atoms with Crippen LogP contribution in [0, 0.1) is 0 Å². The molecule has 8 aromatic carbocycles. The van der Waals surface area contributed by atoms with Crippen LogP contribution in [0.25, 0.3) is 38.6 Å². The molecule has 258 valence electrons. The molecule has 0 amide bonds. The van der Waals surface area contributed by atoms with E-state index in [1.165, 1.54) is 44.1 Å². The smallest absolute Gasteiger partial charge is 0.0544 e. The first-order valence-electron chi connectivity index (χ1n) is 18.7. The van der Waals surface area contributed by atoms with Crippen LogP contribution in [0.2, 0.25) is 0 Å². The zero-order valence-corrected chi connectivity index (χ0v) is 30.4. The van der Waals surface area contributed by atoms with Crippen molar-refractivity contribution in [2.45, 2.75) is 19.3 Å². The zero-order chi connectivity index (χ0) is 36.2. The Morgan fingerprint density at radius 1 is 0.352 bits per heavy atom. The molecule has 0 saturated heterocycles. The summed E-state index contributed by atoms with van der Waals surface area (Å²) in [4.78, 5) is 4.71. The van der Waals surface area contributed by atoms with E-state index >= 15 is 0 Å². The van der Waals surface area contributed by atoms with Gasteiger partial charge in [-0.05, 0) is 125 Å². The monoisotopic (exact) mass is 693 g/mol. The second-order valence-corrected chi connectivity index (χ2v) is 14.7. The van der Waals surface area contributed by atoms with Crippen molar-refractivity contribution in [1.82, 2.24) is 4.57 Å². The third kappa shape index (κ3) is 5.12. The van der Waals surface area contributed by atoms with Gasteiger partial charge in [0, 0.05) is 56.0 Å². The molecule has 0 radical (unpaired) electrons. The maximum atomic E-state index is 2.47. The zero-order valence-electron chi connectivity index (χ0n) is 30.4. The summed E-state index contributed by atoms with van der Waals surface area (Å²) >= 11 is 0. The Kier molecular flexibility index (Phi) is 7.48. The lowest BCUT2D eigenvalue weighted by Crippen LogP contribution is -2.16. The number of rotatable bonds is 7. The molecule has 0 unspecified atom stereocenters. The quantitative estimate of drug-likeness (QED) is 0.165. The highest BCUT2D eigenvalue weighted by atomic mass is 15.1. The van der Waals surface area contributed by atoms with E-state index in [0.717, 1.165) is 39.8 Å². The van der Waals surface area contributed by atoms with E-state index in [4.69, 9.17) is 0 Å². The molecule has 0 spiro atoms. The summed E-state index contributed by atoms with van der Waals surface area (Å²) in [5.74, 6) is 0. The molecular formula is C51H39N3. The van der Waals surface area contributed by atoms with E-state index in [2.05, 4.69) is 228 Å². The molecule has 3 heteroatoms. The Morgan fingerprint density at radius 3 is 1.30 bits per heavy atom. The van der Waals surface area contributed by atoms with Gasteiger partial charge in [0.05, 0.1) is 11.0 Å². The number of para-hydroxylation sites is 5. The van der Waals surface area contributed by atoms with Gasteiger partial charge in [-0.1, -0.05) is 111 Å². The summed E-state index contributed by atoms with van der Waals surface area (Å²) in [6.45, 7) is 4.77. The molecule has 1 heterocycles. The van der Waals surface area contributed by atoms with E-state index in [9.17, 15) is 0 Å². The third-order valence-electron chi connectivity index (χ3n) is 11.1. The van der Waals surface area contributed by atoms with Crippen LogP contribution in [0.5, 0.6) is 0 Å². The second-order valence-electron chi connectivity index (χ2n) is 14.7. The fourth-order valence-corrected chi connectivity index (χ4v) is 8.56. The number of hydrogen-bond donors (Lipinski definition) is 0. The predicted molar refractivity (Wildman–Crippen MR) is 228 cm³/mol. The summed E-state index contributed by atoms with van der Waals surface area (Å²) in [5.41, 5.74) is 15.5. The topological polar surface area (TPSA) is 11.4 Å². The number of benzene rings is 8. The van der Waals surface area contributed by atoms with Gasteiger partial charge in [-0.15, -0.1) is 0 Å². The van der Waals surface area contributed by atoms with Gasteiger partial charge in [-0.3, -0.25) is 0 Å². The molecule has 54 heavy (non-hydrogen) atoms. The van der Waals surface area contributed by atoms with Crippen molar-refractivity contribution in [3.63, 3.8) is 0 Å². The van der Waals surface area contributed by atoms with Crippen molar-refractivity contribution in [3.8, 4) is 16.8 Å². The van der Waals surface area contributed by atoms with Crippen LogP contribution in [0.1, 0.15) is 25.0 Å². The van der Waals surface area contributed by atoms with Crippen molar-refractivity contribution < 1.29 is 0 Å². The molecule has 1 aliphatic rings. The van der Waals surface area contributed by atoms with Crippen molar-refractivity contribution >= 4 is 55.9 Å². The first kappa shape index (κ1) is 31.9. The second kappa shape index (κ2) is 12.7. The number of fused-ring (bicyclic) bond motifs is 6. The fraction of sp³-hybridized carbons (Fsp3) is 0.0588. The van der Waals surface area contributed by atoms with Crippen LogP contribution >= 0.6 is 0 Å². The first-order chi connectivity index (χ1) is 26.6. The molecule has 0 N–H and O–H groups in total. The van der Waals surface area contributed by atoms with Crippen molar-refractivity contribution in [3.05, 3.63) is 211 Å². The van der Waals surface area contributed by atoms with Crippen LogP contribution < -0.4 is 9.80 Å². The fourth-order valence-electron chi connectivity index (χ4n) is 8.56. The molecule has 1 aliphatic carbocycles. The Hall–Kier alpha value is -6.84. The molecule has 10 rings (SSSR count). The highest BCUT2D eigenvalue weighted by Gasteiger charge is 2.37. The van der Waals surface area contributed by atoms with Gasteiger partial charge in [0.25, 0.3) is 0 Å². The lowest BCUT2D eigenvalue weighted by atomic mass is 9.82. The summed E-state index contributed by atoms with van der Waals surface area (Å²) in [7, 11) is 0. The standard InChI is InChI=1S/C51H39N3/c1-51(2)47-33-42(53(38-22-12-5-13-23-38)39-24-14-6-15-25-39)28-30-43(47)44-34-46-45-32-41(52(36-18-8-3-9-19-36)37-20-10-4-11-21-37)29-31-49(45)54(50(46)35-48(44)51)40-26-16-7-17-27-40/h3-35H,1-2H3.